The zero-order chi connectivity index (χ0) is 17.7. The first-order valence-electron chi connectivity index (χ1n) is 7.39. The predicted octanol–water partition coefficient (Wildman–Crippen LogP) is 4.09. The molecular formula is C18H14BrN3O2S. The normalized spacial score (nSPS) is 12.0. The summed E-state index contributed by atoms with van der Waals surface area (Å²) in [5.41, 5.74) is 0.647. The number of hydrogen-bond acceptors (Lipinski definition) is 3. The van der Waals surface area contributed by atoms with Crippen molar-refractivity contribution in [1.29, 1.82) is 0 Å². The molecule has 0 fully saturated rings. The molecule has 0 aliphatic carbocycles. The third-order valence-electron chi connectivity index (χ3n) is 3.28. The van der Waals surface area contributed by atoms with Gasteiger partial charge >= 0.3 is 0 Å². The molecule has 7 heteroatoms. The number of nitrogens with one attached hydrogen (secondary N) is 1. The molecule has 2 aromatic carbocycles. The highest BCUT2D eigenvalue weighted by Crippen LogP contribution is 2.18. The van der Waals surface area contributed by atoms with Gasteiger partial charge in [0.25, 0.3) is 10.0 Å². The van der Waals surface area contributed by atoms with E-state index < -0.39 is 10.0 Å². The van der Waals surface area contributed by atoms with Crippen LogP contribution in [0.4, 0.5) is 5.82 Å². The molecule has 0 amide bonds. The molecule has 1 N–H and O–H groups in total. The van der Waals surface area contributed by atoms with Gasteiger partial charge in [0.05, 0.1) is 4.90 Å². The largest absolute Gasteiger partial charge is 0.324 e. The van der Waals surface area contributed by atoms with Crippen LogP contribution in [0.3, 0.4) is 0 Å². The van der Waals surface area contributed by atoms with Crippen LogP contribution in [0.15, 0.2) is 92.8 Å². The van der Waals surface area contributed by atoms with Crippen molar-refractivity contribution in [2.45, 2.75) is 4.90 Å². The number of benzene rings is 2. The van der Waals surface area contributed by atoms with E-state index in [1.807, 2.05) is 18.2 Å². The molecule has 0 bridgehead atoms. The van der Waals surface area contributed by atoms with Gasteiger partial charge in [0.1, 0.15) is 5.82 Å². The third-order valence-corrected chi connectivity index (χ3v) is 5.10. The van der Waals surface area contributed by atoms with E-state index in [9.17, 15) is 8.42 Å². The number of amidine groups is 1. The number of halogens is 1. The average molecular weight is 416 g/mol. The summed E-state index contributed by atoms with van der Waals surface area (Å²) >= 11 is 3.29. The number of nitrogens with zero attached hydrogens (tertiary/aromatic N) is 2. The Hall–Kier alpha value is -2.51. The Morgan fingerprint density at radius 2 is 1.60 bits per heavy atom. The van der Waals surface area contributed by atoms with E-state index in [1.54, 1.807) is 48.7 Å². The summed E-state index contributed by atoms with van der Waals surface area (Å²) in [6.07, 6.45) is 1.62. The highest BCUT2D eigenvalue weighted by molar-refractivity contribution is 9.10. The predicted molar refractivity (Wildman–Crippen MR) is 102 cm³/mol. The van der Waals surface area contributed by atoms with Crippen LogP contribution < -0.4 is 5.32 Å². The number of sulfonamides is 1. The van der Waals surface area contributed by atoms with Crippen molar-refractivity contribution in [2.24, 2.45) is 4.40 Å². The molecule has 1 aromatic heterocycles. The molecule has 0 atom stereocenters. The molecule has 126 valence electrons. The number of pyridine rings is 1. The summed E-state index contributed by atoms with van der Waals surface area (Å²) in [6.45, 7) is 0. The van der Waals surface area contributed by atoms with Gasteiger partial charge in [-0.2, -0.15) is 8.42 Å². The molecule has 1 heterocycles. The SMILES string of the molecule is O=S(=O)(/N=C(\Nc1ccccn1)c1ccccc1)c1ccc(Br)cc1. The summed E-state index contributed by atoms with van der Waals surface area (Å²) in [4.78, 5) is 4.28. The standard InChI is InChI=1S/C18H14BrN3O2S/c19-15-9-11-16(12-10-15)25(23,24)22-18(14-6-2-1-3-7-14)21-17-8-4-5-13-20-17/h1-13H,(H,20,21,22). The van der Waals surface area contributed by atoms with Crippen molar-refractivity contribution < 1.29 is 8.42 Å². The Labute approximate surface area is 154 Å². The first-order valence-corrected chi connectivity index (χ1v) is 9.62. The molecule has 25 heavy (non-hydrogen) atoms. The van der Waals surface area contributed by atoms with Gasteiger partial charge in [-0.3, -0.25) is 0 Å². The quantitative estimate of drug-likeness (QED) is 0.514. The second kappa shape index (κ2) is 7.58. The van der Waals surface area contributed by atoms with Gasteiger partial charge in [-0.25, -0.2) is 4.98 Å². The molecule has 0 saturated heterocycles. The maximum Gasteiger partial charge on any atom is 0.284 e. The molecule has 0 aliphatic rings. The zero-order valence-electron chi connectivity index (χ0n) is 13.0. The third kappa shape index (κ3) is 4.52. The summed E-state index contributed by atoms with van der Waals surface area (Å²) in [5, 5.41) is 2.98. The van der Waals surface area contributed by atoms with E-state index in [-0.39, 0.29) is 10.7 Å². The number of hydrogen-bond donors (Lipinski definition) is 1. The lowest BCUT2D eigenvalue weighted by atomic mass is 10.2. The Bertz CT molecular complexity index is 974. The maximum absolute atomic E-state index is 12.7. The number of aromatic nitrogens is 1. The van der Waals surface area contributed by atoms with Crippen molar-refractivity contribution >= 4 is 37.6 Å². The number of rotatable bonds is 4. The van der Waals surface area contributed by atoms with Crippen LogP contribution in [-0.4, -0.2) is 19.2 Å². The van der Waals surface area contributed by atoms with Crippen molar-refractivity contribution in [1.82, 2.24) is 4.98 Å². The summed E-state index contributed by atoms with van der Waals surface area (Å²) in [5.74, 6) is 0.721. The lowest BCUT2D eigenvalue weighted by Crippen LogP contribution is -2.17. The highest BCUT2D eigenvalue weighted by atomic mass is 79.9. The molecule has 3 rings (SSSR count). The smallest absolute Gasteiger partial charge is 0.284 e. The first-order chi connectivity index (χ1) is 12.0. The highest BCUT2D eigenvalue weighted by Gasteiger charge is 2.16. The fraction of sp³-hybridized carbons (Fsp3) is 0. The van der Waals surface area contributed by atoms with Crippen LogP contribution >= 0.6 is 15.9 Å². The fourth-order valence-electron chi connectivity index (χ4n) is 2.08. The Balaban J connectivity index is 2.04. The monoisotopic (exact) mass is 415 g/mol. The van der Waals surface area contributed by atoms with Gasteiger partial charge in [0, 0.05) is 16.2 Å². The van der Waals surface area contributed by atoms with E-state index >= 15 is 0 Å². The molecule has 0 radical (unpaired) electrons. The van der Waals surface area contributed by atoms with Crippen LogP contribution in [0.1, 0.15) is 5.56 Å². The van der Waals surface area contributed by atoms with Gasteiger partial charge in [0.15, 0.2) is 5.84 Å². The topological polar surface area (TPSA) is 71.4 Å². The van der Waals surface area contributed by atoms with E-state index in [2.05, 4.69) is 30.6 Å². The Kier molecular flexibility index (Phi) is 5.25. The van der Waals surface area contributed by atoms with Gasteiger partial charge in [-0.1, -0.05) is 52.3 Å². The minimum Gasteiger partial charge on any atom is -0.324 e. The minimum atomic E-state index is -3.87. The van der Waals surface area contributed by atoms with E-state index in [0.717, 1.165) is 4.47 Å². The van der Waals surface area contributed by atoms with Gasteiger partial charge in [-0.15, -0.1) is 4.40 Å². The van der Waals surface area contributed by atoms with Gasteiger partial charge in [0.2, 0.25) is 0 Å². The lowest BCUT2D eigenvalue weighted by molar-refractivity contribution is 0.598. The zero-order valence-corrected chi connectivity index (χ0v) is 15.4. The van der Waals surface area contributed by atoms with E-state index in [0.29, 0.717) is 11.4 Å². The van der Waals surface area contributed by atoms with Crippen LogP contribution in [-0.2, 0) is 10.0 Å². The Morgan fingerprint density at radius 3 is 2.24 bits per heavy atom. The van der Waals surface area contributed by atoms with Gasteiger partial charge in [-0.05, 0) is 36.4 Å². The van der Waals surface area contributed by atoms with Crippen LogP contribution in [0, 0.1) is 0 Å². The Morgan fingerprint density at radius 1 is 0.920 bits per heavy atom. The van der Waals surface area contributed by atoms with Crippen LogP contribution in [0.25, 0.3) is 0 Å². The van der Waals surface area contributed by atoms with E-state index in [4.69, 9.17) is 0 Å². The second-order valence-corrected chi connectivity index (χ2v) is 7.59. The first kappa shape index (κ1) is 17.3. The van der Waals surface area contributed by atoms with Gasteiger partial charge < -0.3 is 5.32 Å². The van der Waals surface area contributed by atoms with Crippen molar-refractivity contribution in [3.63, 3.8) is 0 Å². The lowest BCUT2D eigenvalue weighted by Gasteiger charge is -2.10. The molecule has 0 saturated carbocycles. The van der Waals surface area contributed by atoms with Crippen molar-refractivity contribution in [3.05, 3.63) is 89.0 Å². The maximum atomic E-state index is 12.7. The molecule has 5 nitrogen and oxygen atoms in total. The van der Waals surface area contributed by atoms with Crippen LogP contribution in [0.5, 0.6) is 0 Å². The summed E-state index contributed by atoms with van der Waals surface area (Å²) in [6, 6.07) is 20.7. The number of anilines is 1. The minimum absolute atomic E-state index is 0.118. The summed E-state index contributed by atoms with van der Waals surface area (Å²) in [7, 11) is -3.87. The van der Waals surface area contributed by atoms with Crippen LogP contribution in [0.2, 0.25) is 0 Å². The molecular weight excluding hydrogens is 402 g/mol. The van der Waals surface area contributed by atoms with Crippen molar-refractivity contribution in [3.8, 4) is 0 Å². The van der Waals surface area contributed by atoms with E-state index in [1.165, 1.54) is 12.1 Å². The molecule has 0 unspecified atom stereocenters. The second-order valence-electron chi connectivity index (χ2n) is 5.07. The average Bonchev–Trinajstić information content (AvgIpc) is 2.63. The fourth-order valence-corrected chi connectivity index (χ4v) is 3.32. The van der Waals surface area contributed by atoms with Crippen molar-refractivity contribution in [2.75, 3.05) is 5.32 Å². The molecule has 3 aromatic rings. The molecule has 0 spiro atoms. The summed E-state index contributed by atoms with van der Waals surface area (Å²) < 4.78 is 30.1. The molecule has 0 aliphatic heterocycles.